The van der Waals surface area contributed by atoms with Crippen LogP contribution in [0.4, 0.5) is 0 Å². The number of aromatic nitrogens is 1. The van der Waals surface area contributed by atoms with Crippen LogP contribution in [0.2, 0.25) is 5.15 Å². The number of halogens is 1. The van der Waals surface area contributed by atoms with Gasteiger partial charge in [0, 0.05) is 12.0 Å². The highest BCUT2D eigenvalue weighted by Gasteiger charge is 2.26. The molecule has 0 aliphatic heterocycles. The van der Waals surface area contributed by atoms with Crippen molar-refractivity contribution in [3.8, 4) is 5.88 Å². The zero-order chi connectivity index (χ0) is 13.0. The van der Waals surface area contributed by atoms with Crippen molar-refractivity contribution < 1.29 is 9.53 Å². The molecule has 0 atom stereocenters. The molecule has 0 bridgehead atoms. The number of carbonyl (C=O) groups is 1. The maximum Gasteiger partial charge on any atom is 0.236 e. The van der Waals surface area contributed by atoms with Crippen molar-refractivity contribution in [2.75, 3.05) is 0 Å². The standard InChI is InChI=1S/C12H16ClN3O2/c13-10-2-1-3-11(15-10)18-9-6-4-8(5-7-9)12(17)16-14/h1-3,8-9H,4-7,14H2,(H,16,17)/t8-,9-. The van der Waals surface area contributed by atoms with Crippen LogP contribution < -0.4 is 16.0 Å². The van der Waals surface area contributed by atoms with E-state index in [1.54, 1.807) is 18.2 Å². The summed E-state index contributed by atoms with van der Waals surface area (Å²) >= 11 is 5.79. The summed E-state index contributed by atoms with van der Waals surface area (Å²) in [7, 11) is 0. The Labute approximate surface area is 111 Å². The first kappa shape index (κ1) is 13.1. The second-order valence-corrected chi connectivity index (χ2v) is 4.79. The highest BCUT2D eigenvalue weighted by Crippen LogP contribution is 2.27. The number of hydrogen-bond acceptors (Lipinski definition) is 4. The predicted molar refractivity (Wildman–Crippen MR) is 68.0 cm³/mol. The normalized spacial score (nSPS) is 23.4. The van der Waals surface area contributed by atoms with Crippen LogP contribution in [0.25, 0.3) is 0 Å². The van der Waals surface area contributed by atoms with E-state index in [9.17, 15) is 4.79 Å². The third kappa shape index (κ3) is 3.34. The van der Waals surface area contributed by atoms with Crippen LogP contribution in [0.3, 0.4) is 0 Å². The first-order chi connectivity index (χ1) is 8.69. The van der Waals surface area contributed by atoms with Crippen molar-refractivity contribution in [3.63, 3.8) is 0 Å². The number of carbonyl (C=O) groups excluding carboxylic acids is 1. The molecule has 1 fully saturated rings. The average Bonchev–Trinajstić information content (AvgIpc) is 2.39. The number of hydrazine groups is 1. The van der Waals surface area contributed by atoms with E-state index in [1.807, 2.05) is 0 Å². The van der Waals surface area contributed by atoms with Gasteiger partial charge in [-0.25, -0.2) is 10.8 Å². The molecule has 5 nitrogen and oxygen atoms in total. The Morgan fingerprint density at radius 2 is 2.11 bits per heavy atom. The van der Waals surface area contributed by atoms with Gasteiger partial charge in [-0.2, -0.15) is 0 Å². The molecular weight excluding hydrogens is 254 g/mol. The molecule has 0 saturated heterocycles. The van der Waals surface area contributed by atoms with Crippen LogP contribution in [-0.4, -0.2) is 17.0 Å². The van der Waals surface area contributed by atoms with E-state index in [4.69, 9.17) is 22.2 Å². The lowest BCUT2D eigenvalue weighted by Crippen LogP contribution is -2.38. The second-order valence-electron chi connectivity index (χ2n) is 4.40. The van der Waals surface area contributed by atoms with E-state index in [1.165, 1.54) is 0 Å². The molecule has 0 radical (unpaired) electrons. The van der Waals surface area contributed by atoms with E-state index >= 15 is 0 Å². The molecule has 1 amide bonds. The topological polar surface area (TPSA) is 77.2 Å². The molecule has 1 saturated carbocycles. The summed E-state index contributed by atoms with van der Waals surface area (Å²) in [5.74, 6) is 5.57. The average molecular weight is 270 g/mol. The van der Waals surface area contributed by atoms with Gasteiger partial charge in [0.2, 0.25) is 11.8 Å². The third-order valence-electron chi connectivity index (χ3n) is 3.16. The molecule has 1 heterocycles. The van der Waals surface area contributed by atoms with Gasteiger partial charge in [-0.1, -0.05) is 17.7 Å². The largest absolute Gasteiger partial charge is 0.474 e. The molecule has 0 aromatic carbocycles. The highest BCUT2D eigenvalue weighted by molar-refractivity contribution is 6.29. The lowest BCUT2D eigenvalue weighted by atomic mass is 9.87. The molecule has 1 aliphatic carbocycles. The Morgan fingerprint density at radius 1 is 1.39 bits per heavy atom. The van der Waals surface area contributed by atoms with Crippen LogP contribution >= 0.6 is 11.6 Å². The zero-order valence-electron chi connectivity index (χ0n) is 9.93. The van der Waals surface area contributed by atoms with Gasteiger partial charge in [0.25, 0.3) is 0 Å². The molecule has 0 unspecified atom stereocenters. The monoisotopic (exact) mass is 269 g/mol. The molecule has 98 valence electrons. The molecule has 3 N–H and O–H groups in total. The minimum atomic E-state index is -0.0886. The Hall–Kier alpha value is -1.33. The van der Waals surface area contributed by atoms with Gasteiger partial charge in [0.15, 0.2) is 0 Å². The Kier molecular flexibility index (Phi) is 4.38. The molecule has 1 aromatic rings. The number of nitrogens with two attached hydrogens (primary N) is 1. The molecule has 18 heavy (non-hydrogen) atoms. The summed E-state index contributed by atoms with van der Waals surface area (Å²) in [5, 5.41) is 0.420. The van der Waals surface area contributed by atoms with Gasteiger partial charge in [-0.05, 0) is 31.7 Å². The lowest BCUT2D eigenvalue weighted by molar-refractivity contribution is -0.126. The van der Waals surface area contributed by atoms with E-state index in [0.29, 0.717) is 11.0 Å². The van der Waals surface area contributed by atoms with Crippen molar-refractivity contribution in [2.24, 2.45) is 11.8 Å². The van der Waals surface area contributed by atoms with Crippen molar-refractivity contribution in [2.45, 2.75) is 31.8 Å². The predicted octanol–water partition coefficient (Wildman–Crippen LogP) is 1.66. The fraction of sp³-hybridized carbons (Fsp3) is 0.500. The molecule has 0 spiro atoms. The van der Waals surface area contributed by atoms with Gasteiger partial charge in [0.1, 0.15) is 11.3 Å². The van der Waals surface area contributed by atoms with Crippen LogP contribution in [-0.2, 0) is 4.79 Å². The number of nitrogens with zero attached hydrogens (tertiary/aromatic N) is 1. The van der Waals surface area contributed by atoms with Gasteiger partial charge in [-0.3, -0.25) is 10.2 Å². The quantitative estimate of drug-likeness (QED) is 0.379. The summed E-state index contributed by atoms with van der Waals surface area (Å²) < 4.78 is 5.74. The van der Waals surface area contributed by atoms with Crippen molar-refractivity contribution in [3.05, 3.63) is 23.4 Å². The fourth-order valence-corrected chi connectivity index (χ4v) is 2.34. The molecule has 1 aliphatic rings. The first-order valence-electron chi connectivity index (χ1n) is 5.98. The maximum atomic E-state index is 11.4. The van der Waals surface area contributed by atoms with E-state index in [-0.39, 0.29) is 17.9 Å². The molecule has 2 rings (SSSR count). The fourth-order valence-electron chi connectivity index (χ4n) is 2.19. The number of nitrogens with one attached hydrogen (secondary N) is 1. The van der Waals surface area contributed by atoms with Crippen LogP contribution in [0.1, 0.15) is 25.7 Å². The molecular formula is C12H16ClN3O2. The molecule has 6 heteroatoms. The lowest BCUT2D eigenvalue weighted by Gasteiger charge is -2.27. The number of hydrogen-bond donors (Lipinski definition) is 2. The van der Waals surface area contributed by atoms with Gasteiger partial charge >= 0.3 is 0 Å². The Balaban J connectivity index is 1.85. The summed E-state index contributed by atoms with van der Waals surface area (Å²) in [6.45, 7) is 0. The number of pyridine rings is 1. The Morgan fingerprint density at radius 3 is 2.72 bits per heavy atom. The van der Waals surface area contributed by atoms with Gasteiger partial charge in [-0.15, -0.1) is 0 Å². The number of ether oxygens (including phenoxy) is 1. The van der Waals surface area contributed by atoms with Crippen LogP contribution in [0.5, 0.6) is 5.88 Å². The highest BCUT2D eigenvalue weighted by atomic mass is 35.5. The summed E-state index contributed by atoms with van der Waals surface area (Å²) in [4.78, 5) is 15.5. The van der Waals surface area contributed by atoms with E-state index < -0.39 is 0 Å². The third-order valence-corrected chi connectivity index (χ3v) is 3.37. The SMILES string of the molecule is NNC(=O)[C@H]1CC[C@H](Oc2cccc(Cl)n2)CC1. The molecule has 1 aromatic heterocycles. The van der Waals surface area contributed by atoms with E-state index in [2.05, 4.69) is 10.4 Å². The van der Waals surface area contributed by atoms with Crippen molar-refractivity contribution >= 4 is 17.5 Å². The number of amides is 1. The summed E-state index contributed by atoms with van der Waals surface area (Å²) in [6.07, 6.45) is 3.32. The minimum Gasteiger partial charge on any atom is -0.474 e. The second kappa shape index (κ2) is 6.02. The van der Waals surface area contributed by atoms with Crippen LogP contribution in [0, 0.1) is 5.92 Å². The zero-order valence-corrected chi connectivity index (χ0v) is 10.7. The minimum absolute atomic E-state index is 0.00201. The van der Waals surface area contributed by atoms with Crippen molar-refractivity contribution in [1.82, 2.24) is 10.4 Å². The van der Waals surface area contributed by atoms with Crippen molar-refractivity contribution in [1.29, 1.82) is 0 Å². The first-order valence-corrected chi connectivity index (χ1v) is 6.36. The summed E-state index contributed by atoms with van der Waals surface area (Å²) in [5.41, 5.74) is 2.20. The summed E-state index contributed by atoms with van der Waals surface area (Å²) in [6, 6.07) is 5.29. The van der Waals surface area contributed by atoms with Crippen LogP contribution in [0.15, 0.2) is 18.2 Å². The maximum absolute atomic E-state index is 11.4. The van der Waals surface area contributed by atoms with Gasteiger partial charge in [0.05, 0.1) is 0 Å². The van der Waals surface area contributed by atoms with E-state index in [0.717, 1.165) is 25.7 Å². The number of rotatable bonds is 3. The smallest absolute Gasteiger partial charge is 0.236 e. The van der Waals surface area contributed by atoms with Gasteiger partial charge < -0.3 is 4.74 Å². The Bertz CT molecular complexity index is 420.